The van der Waals surface area contributed by atoms with Crippen LogP contribution in [0.3, 0.4) is 0 Å². The van der Waals surface area contributed by atoms with Crippen molar-refractivity contribution in [1.82, 2.24) is 9.55 Å². The van der Waals surface area contributed by atoms with Gasteiger partial charge in [0, 0.05) is 18.7 Å². The maximum atomic E-state index is 9.43. The fraction of sp³-hybridized carbons (Fsp3) is 0.333. The maximum Gasteiger partial charge on any atom is 0.204 e. The normalized spacial score (nSPS) is 13.5. The number of imidazole rings is 1. The van der Waals surface area contributed by atoms with Crippen LogP contribution in [0.4, 0.5) is 5.95 Å². The van der Waals surface area contributed by atoms with Crippen LogP contribution in [0.15, 0.2) is 18.2 Å². The van der Waals surface area contributed by atoms with Gasteiger partial charge in [-0.3, -0.25) is 0 Å². The van der Waals surface area contributed by atoms with Crippen LogP contribution in [-0.2, 0) is 6.54 Å². The number of nitrogens with one attached hydrogen (secondary N) is 1. The molecule has 0 amide bonds. The van der Waals surface area contributed by atoms with Crippen LogP contribution in [-0.4, -0.2) is 16.1 Å². The molecule has 1 N–H and O–H groups in total. The smallest absolute Gasteiger partial charge is 0.204 e. The van der Waals surface area contributed by atoms with Crippen LogP contribution >= 0.6 is 0 Å². The Morgan fingerprint density at radius 3 is 2.95 bits per heavy atom. The Hall–Kier alpha value is -2.28. The number of anilines is 1. The maximum absolute atomic E-state index is 9.43. The average Bonchev–Trinajstić information content (AvgIpc) is 2.76. The number of fused-ring (bicyclic) bond motifs is 1. The number of hydrogen-bond donors (Lipinski definition) is 1. The zero-order valence-corrected chi connectivity index (χ0v) is 11.2. The number of nitrogens with zero attached hydrogens (tertiary/aromatic N) is 3. The van der Waals surface area contributed by atoms with E-state index >= 15 is 0 Å². The Labute approximate surface area is 112 Å². The van der Waals surface area contributed by atoms with Crippen molar-refractivity contribution in [2.45, 2.75) is 26.8 Å². The van der Waals surface area contributed by atoms with Crippen molar-refractivity contribution in [3.8, 4) is 17.3 Å². The summed E-state index contributed by atoms with van der Waals surface area (Å²) >= 11 is 0. The van der Waals surface area contributed by atoms with Gasteiger partial charge in [-0.15, -0.1) is 0 Å². The van der Waals surface area contributed by atoms with E-state index in [4.69, 9.17) is 0 Å². The molecule has 0 atom stereocenters. The highest BCUT2D eigenvalue weighted by molar-refractivity contribution is 5.71. The van der Waals surface area contributed by atoms with Gasteiger partial charge >= 0.3 is 0 Å². The molecule has 96 valence electrons. The zero-order chi connectivity index (χ0) is 13.4. The standard InChI is InChI=1S/C15H16N4/c1-10-4-5-12(11(2)8-10)14-13(9-16)19-7-3-6-17-15(19)18-14/h4-5,8H,3,6-7H2,1-2H3,(H,17,18). The first kappa shape index (κ1) is 11.8. The molecule has 0 saturated heterocycles. The molecule has 3 rings (SSSR count). The summed E-state index contributed by atoms with van der Waals surface area (Å²) in [5.74, 6) is 0.817. The quantitative estimate of drug-likeness (QED) is 0.849. The topological polar surface area (TPSA) is 53.6 Å². The van der Waals surface area contributed by atoms with E-state index in [0.29, 0.717) is 5.69 Å². The van der Waals surface area contributed by atoms with Crippen LogP contribution in [0.2, 0.25) is 0 Å². The van der Waals surface area contributed by atoms with Crippen molar-refractivity contribution in [3.05, 3.63) is 35.0 Å². The minimum absolute atomic E-state index is 0.661. The number of aromatic nitrogens is 2. The lowest BCUT2D eigenvalue weighted by atomic mass is 10.0. The number of nitriles is 1. The second-order valence-electron chi connectivity index (χ2n) is 4.99. The lowest BCUT2D eigenvalue weighted by molar-refractivity contribution is 0.622. The molecule has 0 saturated carbocycles. The molecule has 19 heavy (non-hydrogen) atoms. The van der Waals surface area contributed by atoms with Gasteiger partial charge in [-0.05, 0) is 25.8 Å². The Kier molecular flexibility index (Phi) is 2.75. The number of hydrogen-bond acceptors (Lipinski definition) is 3. The van der Waals surface area contributed by atoms with Crippen LogP contribution < -0.4 is 5.32 Å². The Morgan fingerprint density at radius 2 is 2.21 bits per heavy atom. The van der Waals surface area contributed by atoms with Crippen LogP contribution in [0.5, 0.6) is 0 Å². The molecule has 1 aliphatic rings. The predicted molar refractivity (Wildman–Crippen MR) is 75.0 cm³/mol. The molecular weight excluding hydrogens is 236 g/mol. The van der Waals surface area contributed by atoms with Gasteiger partial charge in [0.1, 0.15) is 17.5 Å². The molecule has 0 bridgehead atoms. The highest BCUT2D eigenvalue weighted by atomic mass is 15.2. The van der Waals surface area contributed by atoms with Crippen molar-refractivity contribution < 1.29 is 0 Å². The molecule has 0 radical (unpaired) electrons. The van der Waals surface area contributed by atoms with Gasteiger partial charge in [0.25, 0.3) is 0 Å². The van der Waals surface area contributed by atoms with Crippen molar-refractivity contribution >= 4 is 5.95 Å². The first-order valence-electron chi connectivity index (χ1n) is 6.53. The van der Waals surface area contributed by atoms with Gasteiger partial charge in [-0.25, -0.2) is 4.98 Å². The molecule has 0 aliphatic carbocycles. The minimum atomic E-state index is 0.661. The summed E-state index contributed by atoms with van der Waals surface area (Å²) in [6.07, 6.45) is 1.03. The third-order valence-electron chi connectivity index (χ3n) is 3.55. The van der Waals surface area contributed by atoms with Gasteiger partial charge in [-0.2, -0.15) is 5.26 Å². The first-order chi connectivity index (χ1) is 9.20. The molecule has 1 aromatic carbocycles. The van der Waals surface area contributed by atoms with E-state index in [-0.39, 0.29) is 0 Å². The Bertz CT molecular complexity index is 676. The van der Waals surface area contributed by atoms with E-state index < -0.39 is 0 Å². The molecular formula is C15H16N4. The van der Waals surface area contributed by atoms with Crippen LogP contribution in [0, 0.1) is 25.2 Å². The van der Waals surface area contributed by atoms with Crippen molar-refractivity contribution in [1.29, 1.82) is 5.26 Å². The lowest BCUT2D eigenvalue weighted by Crippen LogP contribution is -2.18. The number of aryl methyl sites for hydroxylation is 2. The van der Waals surface area contributed by atoms with Crippen molar-refractivity contribution in [2.75, 3.05) is 11.9 Å². The highest BCUT2D eigenvalue weighted by Gasteiger charge is 2.21. The second kappa shape index (κ2) is 4.43. The van der Waals surface area contributed by atoms with Gasteiger partial charge in [0.05, 0.1) is 0 Å². The van der Waals surface area contributed by atoms with E-state index in [9.17, 15) is 5.26 Å². The highest BCUT2D eigenvalue weighted by Crippen LogP contribution is 2.30. The van der Waals surface area contributed by atoms with Gasteiger partial charge in [-0.1, -0.05) is 23.8 Å². The minimum Gasteiger partial charge on any atom is -0.356 e. The Morgan fingerprint density at radius 1 is 1.37 bits per heavy atom. The summed E-state index contributed by atoms with van der Waals surface area (Å²) in [5.41, 5.74) is 4.89. The van der Waals surface area contributed by atoms with Gasteiger partial charge in [0.2, 0.25) is 5.95 Å². The molecule has 0 spiro atoms. The SMILES string of the molecule is Cc1ccc(-c2nc3n(c2C#N)CCCN3)c(C)c1. The number of benzene rings is 1. The van der Waals surface area contributed by atoms with Gasteiger partial charge < -0.3 is 9.88 Å². The fourth-order valence-corrected chi connectivity index (χ4v) is 2.62. The lowest BCUT2D eigenvalue weighted by Gasteiger charge is -2.15. The summed E-state index contributed by atoms with van der Waals surface area (Å²) in [5, 5.41) is 12.7. The zero-order valence-electron chi connectivity index (χ0n) is 11.2. The van der Waals surface area contributed by atoms with Crippen molar-refractivity contribution in [3.63, 3.8) is 0 Å². The first-order valence-corrected chi connectivity index (χ1v) is 6.53. The molecule has 2 heterocycles. The Balaban J connectivity index is 2.20. The van der Waals surface area contributed by atoms with Crippen LogP contribution in [0.25, 0.3) is 11.3 Å². The van der Waals surface area contributed by atoms with E-state index in [1.165, 1.54) is 5.56 Å². The molecule has 0 unspecified atom stereocenters. The van der Waals surface area contributed by atoms with E-state index in [0.717, 1.165) is 42.3 Å². The fourth-order valence-electron chi connectivity index (χ4n) is 2.62. The van der Waals surface area contributed by atoms with E-state index in [1.807, 2.05) is 4.57 Å². The summed E-state index contributed by atoms with van der Waals surface area (Å²) in [6, 6.07) is 8.55. The third-order valence-corrected chi connectivity index (χ3v) is 3.55. The number of rotatable bonds is 1. The summed E-state index contributed by atoms with van der Waals surface area (Å²) in [4.78, 5) is 4.61. The summed E-state index contributed by atoms with van der Waals surface area (Å²) < 4.78 is 1.98. The van der Waals surface area contributed by atoms with Crippen molar-refractivity contribution in [2.24, 2.45) is 0 Å². The molecule has 1 aliphatic heterocycles. The largest absolute Gasteiger partial charge is 0.356 e. The summed E-state index contributed by atoms with van der Waals surface area (Å²) in [6.45, 7) is 5.92. The molecule has 4 heteroatoms. The van der Waals surface area contributed by atoms with Gasteiger partial charge in [0.15, 0.2) is 0 Å². The second-order valence-corrected chi connectivity index (χ2v) is 4.99. The molecule has 0 fully saturated rings. The van der Waals surface area contributed by atoms with Crippen LogP contribution in [0.1, 0.15) is 23.2 Å². The third kappa shape index (κ3) is 1.88. The summed E-state index contributed by atoms with van der Waals surface area (Å²) in [7, 11) is 0. The van der Waals surface area contributed by atoms with E-state index in [2.05, 4.69) is 48.4 Å². The predicted octanol–water partition coefficient (Wildman–Crippen LogP) is 2.85. The molecule has 2 aromatic rings. The van der Waals surface area contributed by atoms with E-state index in [1.54, 1.807) is 0 Å². The average molecular weight is 252 g/mol. The molecule has 1 aromatic heterocycles. The molecule has 4 nitrogen and oxygen atoms in total. The monoisotopic (exact) mass is 252 g/mol.